The molecule has 2 aromatic carbocycles. The lowest BCUT2D eigenvalue weighted by atomic mass is 10.2. The molecule has 30 heavy (non-hydrogen) atoms. The molecule has 0 N–H and O–H groups in total. The number of rotatable bonds is 7. The van der Waals surface area contributed by atoms with Crippen LogP contribution >= 0.6 is 0 Å². The van der Waals surface area contributed by atoms with Crippen molar-refractivity contribution in [3.05, 3.63) is 54.1 Å². The Morgan fingerprint density at radius 3 is 2.33 bits per heavy atom. The zero-order valence-electron chi connectivity index (χ0n) is 17.4. The molecule has 3 rings (SSSR count). The number of amides is 3. The molecule has 160 valence electrons. The Labute approximate surface area is 176 Å². The summed E-state index contributed by atoms with van der Waals surface area (Å²) in [6.07, 6.45) is -0.255. The van der Waals surface area contributed by atoms with Crippen LogP contribution in [0.25, 0.3) is 0 Å². The van der Waals surface area contributed by atoms with Gasteiger partial charge in [0.05, 0.1) is 23.2 Å². The summed E-state index contributed by atoms with van der Waals surface area (Å²) in [7, 11) is -0.797. The minimum Gasteiger partial charge on any atom is -0.489 e. The monoisotopic (exact) mass is 431 g/mol. The van der Waals surface area contributed by atoms with Crippen molar-refractivity contribution >= 4 is 27.6 Å². The predicted octanol–water partition coefficient (Wildman–Crippen LogP) is 2.69. The Hall–Kier alpha value is -2.91. The summed E-state index contributed by atoms with van der Waals surface area (Å²) in [6, 6.07) is 13.1. The summed E-state index contributed by atoms with van der Waals surface area (Å²) < 4.78 is 31.9. The Balaban J connectivity index is 1.96. The molecule has 1 heterocycles. The predicted molar refractivity (Wildman–Crippen MR) is 113 cm³/mol. The molecule has 0 radical (unpaired) electrons. The van der Waals surface area contributed by atoms with Gasteiger partial charge in [0, 0.05) is 20.2 Å². The summed E-state index contributed by atoms with van der Waals surface area (Å²) >= 11 is 0. The van der Waals surface area contributed by atoms with Crippen LogP contribution in [0.4, 0.5) is 10.5 Å². The third-order valence-corrected chi connectivity index (χ3v) is 6.41. The number of hydrogen-bond acceptors (Lipinski definition) is 5. The van der Waals surface area contributed by atoms with Crippen LogP contribution < -0.4 is 9.64 Å². The number of hydrogen-bond donors (Lipinski definition) is 0. The summed E-state index contributed by atoms with van der Waals surface area (Å²) in [5.74, 6) is -0.0972. The van der Waals surface area contributed by atoms with E-state index in [1.165, 1.54) is 42.1 Å². The standard InChI is InChI=1S/C21H25N3O5S/c1-15(2)29-19-12-17(30(27,28)22(3)4)10-11-18(19)23-14-20(25)24(21(23)26)13-16-8-6-5-7-9-16/h5-12,15H,13-14H2,1-4H3. The summed E-state index contributed by atoms with van der Waals surface area (Å²) in [4.78, 5) is 28.1. The van der Waals surface area contributed by atoms with Gasteiger partial charge in [0.15, 0.2) is 0 Å². The van der Waals surface area contributed by atoms with E-state index in [-0.39, 0.29) is 35.7 Å². The van der Waals surface area contributed by atoms with E-state index >= 15 is 0 Å². The Kier molecular flexibility index (Phi) is 6.14. The number of imide groups is 1. The molecule has 2 aromatic rings. The fourth-order valence-electron chi connectivity index (χ4n) is 3.09. The zero-order chi connectivity index (χ0) is 22.1. The van der Waals surface area contributed by atoms with Crippen molar-refractivity contribution in [3.63, 3.8) is 0 Å². The minimum atomic E-state index is -3.68. The van der Waals surface area contributed by atoms with Gasteiger partial charge in [0.1, 0.15) is 12.3 Å². The Morgan fingerprint density at radius 2 is 1.73 bits per heavy atom. The minimum absolute atomic E-state index is 0.0472. The maximum Gasteiger partial charge on any atom is 0.332 e. The lowest BCUT2D eigenvalue weighted by Gasteiger charge is -2.22. The molecule has 8 nitrogen and oxygen atoms in total. The smallest absolute Gasteiger partial charge is 0.332 e. The van der Waals surface area contributed by atoms with Gasteiger partial charge >= 0.3 is 6.03 Å². The number of carbonyl (C=O) groups excluding carboxylic acids is 2. The van der Waals surface area contributed by atoms with Gasteiger partial charge < -0.3 is 4.74 Å². The molecule has 0 aromatic heterocycles. The van der Waals surface area contributed by atoms with E-state index < -0.39 is 16.1 Å². The molecule has 1 saturated heterocycles. The van der Waals surface area contributed by atoms with Gasteiger partial charge in [0.2, 0.25) is 10.0 Å². The highest BCUT2D eigenvalue weighted by molar-refractivity contribution is 7.89. The third-order valence-electron chi connectivity index (χ3n) is 4.60. The van der Waals surface area contributed by atoms with E-state index in [9.17, 15) is 18.0 Å². The van der Waals surface area contributed by atoms with Crippen molar-refractivity contribution < 1.29 is 22.7 Å². The van der Waals surface area contributed by atoms with Gasteiger partial charge in [0.25, 0.3) is 5.91 Å². The van der Waals surface area contributed by atoms with E-state index in [4.69, 9.17) is 4.74 Å². The van der Waals surface area contributed by atoms with Gasteiger partial charge in [-0.25, -0.2) is 17.5 Å². The molecular weight excluding hydrogens is 406 g/mol. The SMILES string of the molecule is CC(C)Oc1cc(S(=O)(=O)N(C)C)ccc1N1CC(=O)N(Cc2ccccc2)C1=O. The second-order valence-corrected chi connectivity index (χ2v) is 9.57. The highest BCUT2D eigenvalue weighted by atomic mass is 32.2. The van der Waals surface area contributed by atoms with Crippen LogP contribution in [-0.2, 0) is 21.4 Å². The molecule has 0 saturated carbocycles. The van der Waals surface area contributed by atoms with Gasteiger partial charge in [-0.1, -0.05) is 30.3 Å². The lowest BCUT2D eigenvalue weighted by Crippen LogP contribution is -2.33. The van der Waals surface area contributed by atoms with E-state index in [0.29, 0.717) is 5.69 Å². The van der Waals surface area contributed by atoms with Crippen molar-refractivity contribution in [2.75, 3.05) is 25.5 Å². The highest BCUT2D eigenvalue weighted by Crippen LogP contribution is 2.35. The number of carbonyl (C=O) groups is 2. The average Bonchev–Trinajstić information content (AvgIpc) is 2.96. The van der Waals surface area contributed by atoms with Crippen molar-refractivity contribution in [2.24, 2.45) is 0 Å². The molecule has 0 atom stereocenters. The maximum absolute atomic E-state index is 13.0. The van der Waals surface area contributed by atoms with Gasteiger partial charge in [-0.2, -0.15) is 0 Å². The second kappa shape index (κ2) is 8.45. The first-order valence-electron chi connectivity index (χ1n) is 9.50. The third kappa shape index (κ3) is 4.31. The van der Waals surface area contributed by atoms with Crippen molar-refractivity contribution in [1.29, 1.82) is 0 Å². The first kappa shape index (κ1) is 21.8. The Morgan fingerprint density at radius 1 is 1.07 bits per heavy atom. The average molecular weight is 432 g/mol. The van der Waals surface area contributed by atoms with Crippen molar-refractivity contribution in [3.8, 4) is 5.75 Å². The van der Waals surface area contributed by atoms with Crippen LogP contribution in [0, 0.1) is 0 Å². The molecule has 9 heteroatoms. The maximum atomic E-state index is 13.0. The largest absolute Gasteiger partial charge is 0.489 e. The van der Waals surface area contributed by atoms with Crippen LogP contribution in [0.5, 0.6) is 5.75 Å². The quantitative estimate of drug-likeness (QED) is 0.629. The molecule has 1 aliphatic rings. The molecule has 0 aliphatic carbocycles. The number of anilines is 1. The normalized spacial score (nSPS) is 14.9. The number of nitrogens with zero attached hydrogens (tertiary/aromatic N) is 3. The van der Waals surface area contributed by atoms with E-state index in [2.05, 4.69) is 0 Å². The Bertz CT molecular complexity index is 1050. The molecule has 1 aliphatic heterocycles. The van der Waals surface area contributed by atoms with E-state index in [1.807, 2.05) is 30.3 Å². The molecule has 0 unspecified atom stereocenters. The van der Waals surface area contributed by atoms with Crippen molar-refractivity contribution in [1.82, 2.24) is 9.21 Å². The van der Waals surface area contributed by atoms with Gasteiger partial charge in [-0.15, -0.1) is 0 Å². The van der Waals surface area contributed by atoms with Crippen LogP contribution in [0.1, 0.15) is 19.4 Å². The number of sulfonamides is 1. The van der Waals surface area contributed by atoms with Gasteiger partial charge in [-0.3, -0.25) is 14.6 Å². The van der Waals surface area contributed by atoms with E-state index in [0.717, 1.165) is 9.87 Å². The molecule has 0 spiro atoms. The van der Waals surface area contributed by atoms with E-state index in [1.54, 1.807) is 13.8 Å². The molecule has 3 amide bonds. The first-order valence-corrected chi connectivity index (χ1v) is 10.9. The first-order chi connectivity index (χ1) is 14.1. The fourth-order valence-corrected chi connectivity index (χ4v) is 4.01. The van der Waals surface area contributed by atoms with Crippen molar-refractivity contribution in [2.45, 2.75) is 31.4 Å². The number of ether oxygens (including phenoxy) is 1. The number of urea groups is 1. The highest BCUT2D eigenvalue weighted by Gasteiger charge is 2.38. The molecule has 1 fully saturated rings. The van der Waals surface area contributed by atoms with Gasteiger partial charge in [-0.05, 0) is 31.5 Å². The topological polar surface area (TPSA) is 87.2 Å². The molecule has 0 bridgehead atoms. The number of benzene rings is 2. The lowest BCUT2D eigenvalue weighted by molar-refractivity contribution is -0.125. The zero-order valence-corrected chi connectivity index (χ0v) is 18.2. The van der Waals surface area contributed by atoms with Crippen LogP contribution in [-0.4, -0.2) is 56.3 Å². The van der Waals surface area contributed by atoms with Crippen LogP contribution in [0.15, 0.2) is 53.4 Å². The van der Waals surface area contributed by atoms with Crippen LogP contribution in [0.2, 0.25) is 0 Å². The summed E-state index contributed by atoms with van der Waals surface area (Å²) in [5, 5.41) is 0. The summed E-state index contributed by atoms with van der Waals surface area (Å²) in [5.41, 5.74) is 1.20. The molecular formula is C21H25N3O5S. The fraction of sp³-hybridized carbons (Fsp3) is 0.333. The summed E-state index contributed by atoms with van der Waals surface area (Å²) in [6.45, 7) is 3.63. The van der Waals surface area contributed by atoms with Crippen LogP contribution in [0.3, 0.4) is 0 Å². The second-order valence-electron chi connectivity index (χ2n) is 7.42.